The van der Waals surface area contributed by atoms with Crippen LogP contribution in [0.2, 0.25) is 0 Å². The molecule has 0 aliphatic rings. The summed E-state index contributed by atoms with van der Waals surface area (Å²) in [5.41, 5.74) is 1.65. The number of benzene rings is 1. The van der Waals surface area contributed by atoms with Crippen LogP contribution in [-0.2, 0) is 0 Å². The molecule has 0 radical (unpaired) electrons. The van der Waals surface area contributed by atoms with Gasteiger partial charge in [0.1, 0.15) is 5.69 Å². The highest BCUT2D eigenvalue weighted by Gasteiger charge is 2.12. The van der Waals surface area contributed by atoms with E-state index in [2.05, 4.69) is 5.32 Å². The molecule has 0 aromatic heterocycles. The maximum Gasteiger partial charge on any atom is 0.292 e. The van der Waals surface area contributed by atoms with Crippen molar-refractivity contribution in [2.24, 2.45) is 0 Å². The molecule has 1 aromatic carbocycles. The molecule has 0 saturated heterocycles. The second-order valence-electron chi connectivity index (χ2n) is 3.20. The number of nitrogens with one attached hydrogen (secondary N) is 1. The van der Waals surface area contributed by atoms with E-state index in [0.29, 0.717) is 5.69 Å². The highest BCUT2D eigenvalue weighted by Crippen LogP contribution is 2.24. The minimum atomic E-state index is -0.356. The number of hydrogen-bond donors (Lipinski definition) is 1. The molecule has 0 aliphatic heterocycles. The number of anilines is 1. The molecular formula is C10H14N2O2. The molecule has 0 aliphatic carbocycles. The van der Waals surface area contributed by atoms with Crippen LogP contribution >= 0.6 is 0 Å². The van der Waals surface area contributed by atoms with Gasteiger partial charge in [-0.1, -0.05) is 13.0 Å². The van der Waals surface area contributed by atoms with Crippen LogP contribution in [-0.4, -0.2) is 11.5 Å². The van der Waals surface area contributed by atoms with Gasteiger partial charge in [0.15, 0.2) is 0 Å². The van der Waals surface area contributed by atoms with Gasteiger partial charge < -0.3 is 5.32 Å². The smallest absolute Gasteiger partial charge is 0.292 e. The molecule has 0 saturated carbocycles. The number of nitro groups is 1. The van der Waals surface area contributed by atoms with Crippen molar-refractivity contribution in [2.75, 3.05) is 11.9 Å². The molecule has 0 unspecified atom stereocenters. The predicted octanol–water partition coefficient (Wildman–Crippen LogP) is 2.73. The van der Waals surface area contributed by atoms with E-state index in [0.717, 1.165) is 18.5 Å². The summed E-state index contributed by atoms with van der Waals surface area (Å²) in [6.07, 6.45) is 0.949. The fraction of sp³-hybridized carbons (Fsp3) is 0.400. The monoisotopic (exact) mass is 194 g/mol. The minimum Gasteiger partial charge on any atom is -0.380 e. The summed E-state index contributed by atoms with van der Waals surface area (Å²) in [6, 6.07) is 5.20. The molecule has 4 heteroatoms. The third-order valence-corrected chi connectivity index (χ3v) is 1.92. The summed E-state index contributed by atoms with van der Waals surface area (Å²) < 4.78 is 0. The Labute approximate surface area is 83.1 Å². The Balaban J connectivity index is 2.96. The van der Waals surface area contributed by atoms with E-state index >= 15 is 0 Å². The van der Waals surface area contributed by atoms with Crippen molar-refractivity contribution >= 4 is 11.4 Å². The lowest BCUT2D eigenvalue weighted by Crippen LogP contribution is -2.03. The van der Waals surface area contributed by atoms with Crippen LogP contribution in [0.4, 0.5) is 11.4 Å². The predicted molar refractivity (Wildman–Crippen MR) is 56.6 cm³/mol. The highest BCUT2D eigenvalue weighted by atomic mass is 16.6. The molecular weight excluding hydrogens is 180 g/mol. The van der Waals surface area contributed by atoms with Crippen LogP contribution in [0.3, 0.4) is 0 Å². The third-order valence-electron chi connectivity index (χ3n) is 1.92. The van der Waals surface area contributed by atoms with Crippen LogP contribution in [0.15, 0.2) is 18.2 Å². The quantitative estimate of drug-likeness (QED) is 0.592. The Morgan fingerprint density at radius 2 is 2.21 bits per heavy atom. The molecule has 0 spiro atoms. The summed E-state index contributed by atoms with van der Waals surface area (Å²) in [5.74, 6) is 0. The molecule has 1 rings (SSSR count). The maximum atomic E-state index is 10.7. The van der Waals surface area contributed by atoms with Gasteiger partial charge in [0.05, 0.1) is 4.92 Å². The summed E-state index contributed by atoms with van der Waals surface area (Å²) in [6.45, 7) is 4.62. The SMILES string of the molecule is CCCNc1ccc(C)cc1[N+](=O)[O-]. The number of nitro benzene ring substituents is 1. The summed E-state index contributed by atoms with van der Waals surface area (Å²) in [5, 5.41) is 13.7. The lowest BCUT2D eigenvalue weighted by molar-refractivity contribution is -0.384. The van der Waals surface area contributed by atoms with Gasteiger partial charge in [0.2, 0.25) is 0 Å². The van der Waals surface area contributed by atoms with Gasteiger partial charge in [-0.2, -0.15) is 0 Å². The van der Waals surface area contributed by atoms with E-state index in [4.69, 9.17) is 0 Å². The molecule has 1 N–H and O–H groups in total. The van der Waals surface area contributed by atoms with E-state index in [1.165, 1.54) is 0 Å². The molecule has 0 amide bonds. The molecule has 14 heavy (non-hydrogen) atoms. The fourth-order valence-corrected chi connectivity index (χ4v) is 1.20. The number of hydrogen-bond acceptors (Lipinski definition) is 3. The first kappa shape index (κ1) is 10.5. The lowest BCUT2D eigenvalue weighted by atomic mass is 10.2. The van der Waals surface area contributed by atoms with E-state index < -0.39 is 0 Å². The second-order valence-corrected chi connectivity index (χ2v) is 3.20. The van der Waals surface area contributed by atoms with Crippen molar-refractivity contribution in [1.82, 2.24) is 0 Å². The van der Waals surface area contributed by atoms with Crippen molar-refractivity contribution in [2.45, 2.75) is 20.3 Å². The summed E-state index contributed by atoms with van der Waals surface area (Å²) in [7, 11) is 0. The third kappa shape index (κ3) is 2.45. The number of rotatable bonds is 4. The summed E-state index contributed by atoms with van der Waals surface area (Å²) in [4.78, 5) is 10.3. The van der Waals surface area contributed by atoms with Gasteiger partial charge in [-0.25, -0.2) is 0 Å². The lowest BCUT2D eigenvalue weighted by Gasteiger charge is -2.05. The normalized spacial score (nSPS) is 9.86. The van der Waals surface area contributed by atoms with Gasteiger partial charge in [-0.3, -0.25) is 10.1 Å². The Bertz CT molecular complexity index is 337. The van der Waals surface area contributed by atoms with E-state index in [-0.39, 0.29) is 10.6 Å². The van der Waals surface area contributed by atoms with Crippen LogP contribution in [0.25, 0.3) is 0 Å². The number of aryl methyl sites for hydroxylation is 1. The summed E-state index contributed by atoms with van der Waals surface area (Å²) >= 11 is 0. The Hall–Kier alpha value is -1.58. The van der Waals surface area contributed by atoms with Crippen molar-refractivity contribution in [3.05, 3.63) is 33.9 Å². The molecule has 4 nitrogen and oxygen atoms in total. The minimum absolute atomic E-state index is 0.151. The highest BCUT2D eigenvalue weighted by molar-refractivity contribution is 5.62. The topological polar surface area (TPSA) is 55.2 Å². The second kappa shape index (κ2) is 4.60. The first-order chi connectivity index (χ1) is 6.65. The fourth-order valence-electron chi connectivity index (χ4n) is 1.20. The van der Waals surface area contributed by atoms with Crippen molar-refractivity contribution in [3.8, 4) is 0 Å². The van der Waals surface area contributed by atoms with E-state index in [1.54, 1.807) is 12.1 Å². The van der Waals surface area contributed by atoms with Crippen LogP contribution in [0, 0.1) is 17.0 Å². The first-order valence-corrected chi connectivity index (χ1v) is 4.64. The number of nitrogens with zero attached hydrogens (tertiary/aromatic N) is 1. The average Bonchev–Trinajstić information content (AvgIpc) is 2.15. The standard InChI is InChI=1S/C10H14N2O2/c1-3-6-11-9-5-4-8(2)7-10(9)12(13)14/h4-5,7,11H,3,6H2,1-2H3. The zero-order chi connectivity index (χ0) is 10.6. The largest absolute Gasteiger partial charge is 0.380 e. The van der Waals surface area contributed by atoms with Gasteiger partial charge >= 0.3 is 0 Å². The van der Waals surface area contributed by atoms with E-state index in [1.807, 2.05) is 19.9 Å². The van der Waals surface area contributed by atoms with E-state index in [9.17, 15) is 10.1 Å². The first-order valence-electron chi connectivity index (χ1n) is 4.64. The van der Waals surface area contributed by atoms with Crippen LogP contribution in [0.5, 0.6) is 0 Å². The zero-order valence-corrected chi connectivity index (χ0v) is 8.41. The maximum absolute atomic E-state index is 10.7. The molecule has 0 bridgehead atoms. The Kier molecular flexibility index (Phi) is 3.45. The molecule has 1 aromatic rings. The van der Waals surface area contributed by atoms with Crippen LogP contribution < -0.4 is 5.32 Å². The van der Waals surface area contributed by atoms with Gasteiger partial charge in [-0.15, -0.1) is 0 Å². The molecule has 0 heterocycles. The Morgan fingerprint density at radius 1 is 1.50 bits per heavy atom. The van der Waals surface area contributed by atoms with Crippen molar-refractivity contribution < 1.29 is 4.92 Å². The van der Waals surface area contributed by atoms with Gasteiger partial charge in [0.25, 0.3) is 5.69 Å². The molecule has 76 valence electrons. The van der Waals surface area contributed by atoms with Crippen LogP contribution in [0.1, 0.15) is 18.9 Å². The zero-order valence-electron chi connectivity index (χ0n) is 8.41. The van der Waals surface area contributed by atoms with Gasteiger partial charge in [-0.05, 0) is 25.0 Å². The molecule has 0 fully saturated rings. The van der Waals surface area contributed by atoms with Crippen molar-refractivity contribution in [3.63, 3.8) is 0 Å². The van der Waals surface area contributed by atoms with Crippen molar-refractivity contribution in [1.29, 1.82) is 0 Å². The molecule has 0 atom stereocenters. The Morgan fingerprint density at radius 3 is 2.79 bits per heavy atom. The van der Waals surface area contributed by atoms with Gasteiger partial charge in [0, 0.05) is 12.6 Å². The average molecular weight is 194 g/mol.